The van der Waals surface area contributed by atoms with Gasteiger partial charge in [-0.2, -0.15) is 0 Å². The predicted molar refractivity (Wildman–Crippen MR) is 94.8 cm³/mol. The summed E-state index contributed by atoms with van der Waals surface area (Å²) in [6.07, 6.45) is -0.342. The molecule has 0 saturated heterocycles. The van der Waals surface area contributed by atoms with Crippen LogP contribution >= 0.6 is 11.6 Å². The third-order valence-electron chi connectivity index (χ3n) is 3.51. The lowest BCUT2D eigenvalue weighted by atomic mass is 10.2. The predicted octanol–water partition coefficient (Wildman–Crippen LogP) is 2.38. The SMILES string of the molecule is O=C(COc1ccccc1Cl)NC(=O)NCC1COc2ccccc2O1. The first-order valence-corrected chi connectivity index (χ1v) is 8.33. The first-order chi connectivity index (χ1) is 12.6. The molecule has 3 rings (SSSR count). The molecule has 1 aliphatic rings. The number of halogens is 1. The molecule has 1 atom stereocenters. The molecule has 0 bridgehead atoms. The van der Waals surface area contributed by atoms with Gasteiger partial charge in [0, 0.05) is 0 Å². The van der Waals surface area contributed by atoms with Crippen LogP contribution in [0.15, 0.2) is 48.5 Å². The number of rotatable bonds is 5. The quantitative estimate of drug-likeness (QED) is 0.836. The smallest absolute Gasteiger partial charge is 0.321 e. The van der Waals surface area contributed by atoms with Crippen LogP contribution in [0.4, 0.5) is 4.79 Å². The van der Waals surface area contributed by atoms with Gasteiger partial charge in [-0.15, -0.1) is 0 Å². The molecule has 2 aromatic rings. The van der Waals surface area contributed by atoms with Gasteiger partial charge in [-0.25, -0.2) is 4.79 Å². The Balaban J connectivity index is 1.39. The molecule has 8 heteroatoms. The second kappa shape index (κ2) is 8.44. The van der Waals surface area contributed by atoms with Gasteiger partial charge in [0.15, 0.2) is 24.2 Å². The zero-order chi connectivity index (χ0) is 18.4. The van der Waals surface area contributed by atoms with Crippen molar-refractivity contribution in [3.8, 4) is 17.2 Å². The number of urea groups is 1. The standard InChI is InChI=1S/C18H17ClN2O5/c19-13-5-1-2-6-14(13)25-11-17(22)21-18(23)20-9-12-10-24-15-7-3-4-8-16(15)26-12/h1-8,12H,9-11H2,(H2,20,21,22,23). The molecule has 0 spiro atoms. The van der Waals surface area contributed by atoms with Crippen molar-refractivity contribution in [2.75, 3.05) is 19.8 Å². The van der Waals surface area contributed by atoms with E-state index in [0.29, 0.717) is 28.9 Å². The molecule has 1 heterocycles. The molecule has 1 unspecified atom stereocenters. The third kappa shape index (κ3) is 4.80. The highest BCUT2D eigenvalue weighted by Gasteiger charge is 2.21. The molecule has 2 N–H and O–H groups in total. The Bertz CT molecular complexity index is 799. The number of carbonyl (C=O) groups is 2. The highest BCUT2D eigenvalue weighted by Crippen LogP contribution is 2.30. The lowest BCUT2D eigenvalue weighted by molar-refractivity contribution is -0.122. The largest absolute Gasteiger partial charge is 0.486 e. The van der Waals surface area contributed by atoms with Crippen LogP contribution in [-0.2, 0) is 4.79 Å². The molecular formula is C18H17ClN2O5. The van der Waals surface area contributed by atoms with E-state index >= 15 is 0 Å². The molecule has 136 valence electrons. The van der Waals surface area contributed by atoms with Gasteiger partial charge in [0.1, 0.15) is 12.4 Å². The molecule has 26 heavy (non-hydrogen) atoms. The molecular weight excluding hydrogens is 360 g/mol. The van der Waals surface area contributed by atoms with Crippen LogP contribution in [0.2, 0.25) is 5.02 Å². The number of ether oxygens (including phenoxy) is 3. The fraction of sp³-hybridized carbons (Fsp3) is 0.222. The molecule has 7 nitrogen and oxygen atoms in total. The lowest BCUT2D eigenvalue weighted by Crippen LogP contribution is -2.47. The molecule has 0 aromatic heterocycles. The molecule has 0 fully saturated rings. The van der Waals surface area contributed by atoms with Crippen molar-refractivity contribution in [2.24, 2.45) is 0 Å². The number of hydrogen-bond donors (Lipinski definition) is 2. The van der Waals surface area contributed by atoms with E-state index in [-0.39, 0.29) is 19.3 Å². The average molecular weight is 377 g/mol. The number of nitrogens with one attached hydrogen (secondary N) is 2. The van der Waals surface area contributed by atoms with E-state index in [1.165, 1.54) is 0 Å². The van der Waals surface area contributed by atoms with E-state index in [1.54, 1.807) is 30.3 Å². The second-order valence-corrected chi connectivity index (χ2v) is 5.88. The second-order valence-electron chi connectivity index (χ2n) is 5.47. The van der Waals surface area contributed by atoms with E-state index in [4.69, 9.17) is 25.8 Å². The van der Waals surface area contributed by atoms with Crippen LogP contribution in [0.3, 0.4) is 0 Å². The minimum absolute atomic E-state index is 0.193. The normalized spacial score (nSPS) is 15.0. The number of imide groups is 1. The van der Waals surface area contributed by atoms with Crippen LogP contribution in [0, 0.1) is 0 Å². The van der Waals surface area contributed by atoms with Crippen molar-refractivity contribution in [3.63, 3.8) is 0 Å². The summed E-state index contributed by atoms with van der Waals surface area (Å²) in [7, 11) is 0. The first kappa shape index (κ1) is 17.9. The lowest BCUT2D eigenvalue weighted by Gasteiger charge is -2.26. The summed E-state index contributed by atoms with van der Waals surface area (Å²) >= 11 is 5.92. The van der Waals surface area contributed by atoms with Crippen molar-refractivity contribution >= 4 is 23.5 Å². The van der Waals surface area contributed by atoms with E-state index in [1.807, 2.05) is 18.2 Å². The minimum Gasteiger partial charge on any atom is -0.486 e. The van der Waals surface area contributed by atoms with Crippen molar-refractivity contribution in [1.82, 2.24) is 10.6 Å². The third-order valence-corrected chi connectivity index (χ3v) is 3.82. The molecule has 3 amide bonds. The zero-order valence-corrected chi connectivity index (χ0v) is 14.5. The summed E-state index contributed by atoms with van der Waals surface area (Å²) in [4.78, 5) is 23.6. The molecule has 0 saturated carbocycles. The average Bonchev–Trinajstić information content (AvgIpc) is 2.65. The number of hydrogen-bond acceptors (Lipinski definition) is 5. The topological polar surface area (TPSA) is 85.9 Å². The van der Waals surface area contributed by atoms with E-state index in [2.05, 4.69) is 10.6 Å². The van der Waals surface area contributed by atoms with Crippen molar-refractivity contribution in [3.05, 3.63) is 53.6 Å². The van der Waals surface area contributed by atoms with Crippen LogP contribution in [0.25, 0.3) is 0 Å². The number of amides is 3. The Morgan fingerprint density at radius 3 is 2.65 bits per heavy atom. The maximum absolute atomic E-state index is 11.8. The summed E-state index contributed by atoms with van der Waals surface area (Å²) in [6.45, 7) is 0.174. The number of benzene rings is 2. The van der Waals surface area contributed by atoms with E-state index in [9.17, 15) is 9.59 Å². The fourth-order valence-corrected chi connectivity index (χ4v) is 2.47. The summed E-state index contributed by atoms with van der Waals surface area (Å²) in [6, 6.07) is 13.4. The Morgan fingerprint density at radius 2 is 1.85 bits per heavy atom. The van der Waals surface area contributed by atoms with Gasteiger partial charge in [-0.1, -0.05) is 35.9 Å². The van der Waals surface area contributed by atoms with Crippen LogP contribution in [0.5, 0.6) is 17.2 Å². The monoisotopic (exact) mass is 376 g/mol. The first-order valence-electron chi connectivity index (χ1n) is 7.95. The van der Waals surface area contributed by atoms with Crippen molar-refractivity contribution in [2.45, 2.75) is 6.10 Å². The summed E-state index contributed by atoms with van der Waals surface area (Å²) in [5.74, 6) is 1.07. The molecule has 0 radical (unpaired) electrons. The van der Waals surface area contributed by atoms with Gasteiger partial charge in [0.25, 0.3) is 5.91 Å². The van der Waals surface area contributed by atoms with Crippen molar-refractivity contribution < 1.29 is 23.8 Å². The summed E-state index contributed by atoms with van der Waals surface area (Å²) in [5, 5.41) is 5.13. The number of para-hydroxylation sites is 3. The molecule has 0 aliphatic carbocycles. The number of fused-ring (bicyclic) bond motifs is 1. The Labute approximate surface area is 155 Å². The number of carbonyl (C=O) groups excluding carboxylic acids is 2. The van der Waals surface area contributed by atoms with Crippen LogP contribution < -0.4 is 24.8 Å². The highest BCUT2D eigenvalue weighted by atomic mass is 35.5. The highest BCUT2D eigenvalue weighted by molar-refractivity contribution is 6.32. The maximum Gasteiger partial charge on any atom is 0.321 e. The van der Waals surface area contributed by atoms with Crippen LogP contribution in [-0.4, -0.2) is 37.8 Å². The molecule has 1 aliphatic heterocycles. The Kier molecular flexibility index (Phi) is 5.80. The van der Waals surface area contributed by atoms with Gasteiger partial charge >= 0.3 is 6.03 Å². The minimum atomic E-state index is -0.639. The van der Waals surface area contributed by atoms with Gasteiger partial charge < -0.3 is 19.5 Å². The van der Waals surface area contributed by atoms with Gasteiger partial charge in [0.2, 0.25) is 0 Å². The Hall–Kier alpha value is -2.93. The fourth-order valence-electron chi connectivity index (χ4n) is 2.28. The van der Waals surface area contributed by atoms with E-state index < -0.39 is 11.9 Å². The maximum atomic E-state index is 11.8. The summed E-state index contributed by atoms with van der Waals surface area (Å²) in [5.41, 5.74) is 0. The van der Waals surface area contributed by atoms with Crippen molar-refractivity contribution in [1.29, 1.82) is 0 Å². The molecule has 2 aromatic carbocycles. The van der Waals surface area contributed by atoms with Gasteiger partial charge in [-0.05, 0) is 24.3 Å². The van der Waals surface area contributed by atoms with Gasteiger partial charge in [0.05, 0.1) is 11.6 Å². The van der Waals surface area contributed by atoms with Gasteiger partial charge in [-0.3, -0.25) is 10.1 Å². The van der Waals surface area contributed by atoms with E-state index in [0.717, 1.165) is 0 Å². The zero-order valence-electron chi connectivity index (χ0n) is 13.7. The van der Waals surface area contributed by atoms with Crippen LogP contribution in [0.1, 0.15) is 0 Å². The summed E-state index contributed by atoms with van der Waals surface area (Å²) < 4.78 is 16.5. The Morgan fingerprint density at radius 1 is 1.12 bits per heavy atom.